The second-order valence-corrected chi connectivity index (χ2v) is 25.3. The van der Waals surface area contributed by atoms with Gasteiger partial charge in [-0.1, -0.05) is 34.6 Å². The van der Waals surface area contributed by atoms with Gasteiger partial charge in [-0.05, 0) is 143 Å². The summed E-state index contributed by atoms with van der Waals surface area (Å²) in [7, 11) is -3.17. The summed E-state index contributed by atoms with van der Waals surface area (Å²) in [5.74, 6) is 4.49. The van der Waals surface area contributed by atoms with Crippen LogP contribution in [0.4, 0.5) is 0 Å². The van der Waals surface area contributed by atoms with Gasteiger partial charge in [-0.25, -0.2) is 0 Å². The van der Waals surface area contributed by atoms with Crippen LogP contribution in [0.5, 0.6) is 0 Å². The average Bonchev–Trinajstić information content (AvgIpc) is 3.03. The highest BCUT2D eigenvalue weighted by Crippen LogP contribution is 2.68. The quantitative estimate of drug-likeness (QED) is 0.346. The van der Waals surface area contributed by atoms with Gasteiger partial charge in [0.25, 0.3) is 0 Å². The molecule has 0 heterocycles. The van der Waals surface area contributed by atoms with Crippen molar-refractivity contribution in [2.45, 2.75) is 149 Å². The Morgan fingerprint density at radius 1 is 0.794 bits per heavy atom. The van der Waals surface area contributed by atoms with E-state index in [0.29, 0.717) is 28.1 Å². The molecular formula is C30H58O2Si2. The van der Waals surface area contributed by atoms with Crippen LogP contribution >= 0.6 is 0 Å². The summed E-state index contributed by atoms with van der Waals surface area (Å²) in [6.45, 7) is 26.9. The predicted molar refractivity (Wildman–Crippen MR) is 151 cm³/mol. The van der Waals surface area contributed by atoms with Crippen LogP contribution in [-0.2, 0) is 8.85 Å². The third-order valence-corrected chi connectivity index (χ3v) is 17.7. The predicted octanol–water partition coefficient (Wildman–Crippen LogP) is 9.28. The molecule has 9 atom stereocenters. The molecule has 0 aromatic rings. The highest BCUT2D eigenvalue weighted by molar-refractivity contribution is 6.74. The molecule has 4 aliphatic rings. The van der Waals surface area contributed by atoms with Gasteiger partial charge in [0.05, 0.1) is 0 Å². The van der Waals surface area contributed by atoms with Crippen LogP contribution in [0.15, 0.2) is 0 Å². The summed E-state index contributed by atoms with van der Waals surface area (Å²) in [5, 5.41) is 0.314. The van der Waals surface area contributed by atoms with Gasteiger partial charge >= 0.3 is 0 Å². The molecule has 3 unspecified atom stereocenters. The molecule has 4 aliphatic carbocycles. The zero-order valence-corrected chi connectivity index (χ0v) is 26.7. The van der Waals surface area contributed by atoms with E-state index in [1.54, 1.807) is 0 Å². The molecule has 0 saturated heterocycles. The number of hydrogen-bond acceptors (Lipinski definition) is 2. The first-order valence-electron chi connectivity index (χ1n) is 14.8. The smallest absolute Gasteiger partial charge is 0.192 e. The van der Waals surface area contributed by atoms with Crippen LogP contribution in [0.1, 0.15) is 99.3 Å². The molecular weight excluding hydrogens is 449 g/mol. The Hall–Kier alpha value is 0.354. The summed E-state index contributed by atoms with van der Waals surface area (Å²) >= 11 is 0. The van der Waals surface area contributed by atoms with Gasteiger partial charge in [0, 0.05) is 12.2 Å². The molecule has 0 aromatic heterocycles. The third-order valence-electron chi connectivity index (χ3n) is 12.1. The number of rotatable bonds is 5. The van der Waals surface area contributed by atoms with Crippen LogP contribution in [0, 0.1) is 40.4 Å². The number of hydrogen-bond donors (Lipinski definition) is 0. The maximum Gasteiger partial charge on any atom is 0.192 e. The molecule has 34 heavy (non-hydrogen) atoms. The third kappa shape index (κ3) is 4.81. The van der Waals surface area contributed by atoms with Gasteiger partial charge < -0.3 is 8.85 Å². The van der Waals surface area contributed by atoms with E-state index in [-0.39, 0.29) is 0 Å². The Balaban J connectivity index is 1.46. The fourth-order valence-electron chi connectivity index (χ4n) is 9.37. The molecule has 4 saturated carbocycles. The standard InChI is InChI=1S/C30H58O2Si2/c1-21(31-33(7,8)9)25-14-15-26-24-13-12-22-20-23(32-34(10,11)28(2,3)4)16-18-29(22,5)27(24)17-19-30(25,26)6/h21-27H,12-20H2,1-11H3/t21-,22-,23-,24?,25-,26?,27?,29+,30-/m1/s1. The van der Waals surface area contributed by atoms with E-state index >= 15 is 0 Å². The van der Waals surface area contributed by atoms with Crippen molar-refractivity contribution in [3.8, 4) is 0 Å². The van der Waals surface area contributed by atoms with Crippen molar-refractivity contribution in [3.05, 3.63) is 0 Å². The SMILES string of the molecule is C[C@@H](O[Si](C)(C)C)[C@H]1CCC2C3CC[C@@H]4C[C@H](O[Si](C)(C)C(C)(C)C)CC[C@]4(C)C3CC[C@@]21C. The fourth-order valence-corrected chi connectivity index (χ4v) is 12.1. The van der Waals surface area contributed by atoms with Crippen molar-refractivity contribution in [2.75, 3.05) is 0 Å². The molecule has 0 bridgehead atoms. The van der Waals surface area contributed by atoms with E-state index < -0.39 is 16.6 Å². The maximum absolute atomic E-state index is 6.97. The Morgan fingerprint density at radius 2 is 1.41 bits per heavy atom. The first kappa shape index (κ1) is 27.4. The minimum Gasteiger partial charge on any atom is -0.415 e. The van der Waals surface area contributed by atoms with Crippen molar-refractivity contribution >= 4 is 16.6 Å². The molecule has 198 valence electrons. The molecule has 0 amide bonds. The molecule has 0 spiro atoms. The Labute approximate surface area is 215 Å². The lowest BCUT2D eigenvalue weighted by atomic mass is 9.44. The van der Waals surface area contributed by atoms with Crippen molar-refractivity contribution in [2.24, 2.45) is 40.4 Å². The van der Waals surface area contributed by atoms with Gasteiger partial charge in [0.1, 0.15) is 0 Å². The van der Waals surface area contributed by atoms with E-state index in [1.807, 2.05) is 0 Å². The Kier molecular flexibility index (Phi) is 7.23. The summed E-state index contributed by atoms with van der Waals surface area (Å²) < 4.78 is 13.6. The lowest BCUT2D eigenvalue weighted by molar-refractivity contribution is -0.130. The highest BCUT2D eigenvalue weighted by atomic mass is 28.4. The second kappa shape index (κ2) is 8.98. The molecule has 4 heteroatoms. The zero-order valence-electron chi connectivity index (χ0n) is 24.7. The molecule has 0 aromatic carbocycles. The minimum atomic E-state index is -1.68. The van der Waals surface area contributed by atoms with Gasteiger partial charge in [-0.3, -0.25) is 0 Å². The molecule has 2 nitrogen and oxygen atoms in total. The van der Waals surface area contributed by atoms with E-state index in [0.717, 1.165) is 29.6 Å². The van der Waals surface area contributed by atoms with E-state index in [9.17, 15) is 0 Å². The molecule has 4 rings (SSSR count). The average molecular weight is 507 g/mol. The van der Waals surface area contributed by atoms with E-state index in [2.05, 4.69) is 74.3 Å². The topological polar surface area (TPSA) is 18.5 Å². The van der Waals surface area contributed by atoms with Crippen LogP contribution in [0.2, 0.25) is 37.8 Å². The van der Waals surface area contributed by atoms with Crippen molar-refractivity contribution in [1.82, 2.24) is 0 Å². The summed E-state index contributed by atoms with van der Waals surface area (Å²) in [6, 6.07) is 0. The Morgan fingerprint density at radius 3 is 2.03 bits per heavy atom. The molecule has 4 fully saturated rings. The van der Waals surface area contributed by atoms with Crippen LogP contribution in [0.25, 0.3) is 0 Å². The van der Waals surface area contributed by atoms with Gasteiger partial charge in [-0.2, -0.15) is 0 Å². The zero-order chi connectivity index (χ0) is 25.3. The van der Waals surface area contributed by atoms with Crippen molar-refractivity contribution in [3.63, 3.8) is 0 Å². The maximum atomic E-state index is 6.97. The normalized spacial score (nSPS) is 44.2. The van der Waals surface area contributed by atoms with Gasteiger partial charge in [-0.15, -0.1) is 0 Å². The van der Waals surface area contributed by atoms with Crippen LogP contribution < -0.4 is 0 Å². The largest absolute Gasteiger partial charge is 0.415 e. The van der Waals surface area contributed by atoms with Gasteiger partial charge in [0.2, 0.25) is 0 Å². The fraction of sp³-hybridized carbons (Fsp3) is 1.00. The van der Waals surface area contributed by atoms with Crippen LogP contribution in [-0.4, -0.2) is 28.8 Å². The first-order chi connectivity index (χ1) is 15.5. The summed E-state index contributed by atoms with van der Waals surface area (Å²) in [6.07, 6.45) is 13.7. The Bertz CT molecular complexity index is 737. The summed E-state index contributed by atoms with van der Waals surface area (Å²) in [4.78, 5) is 0. The summed E-state index contributed by atoms with van der Waals surface area (Å²) in [5.41, 5.74) is 1.06. The molecule has 0 N–H and O–H groups in total. The first-order valence-corrected chi connectivity index (χ1v) is 21.2. The van der Waals surface area contributed by atoms with E-state index in [1.165, 1.54) is 57.8 Å². The molecule has 0 radical (unpaired) electrons. The second-order valence-electron chi connectivity index (χ2n) is 16.1. The van der Waals surface area contributed by atoms with Crippen molar-refractivity contribution in [1.29, 1.82) is 0 Å². The highest BCUT2D eigenvalue weighted by Gasteiger charge is 2.61. The van der Waals surface area contributed by atoms with Gasteiger partial charge in [0.15, 0.2) is 16.6 Å². The minimum absolute atomic E-state index is 0.314. The monoisotopic (exact) mass is 506 g/mol. The molecule has 0 aliphatic heterocycles. The lowest BCUT2D eigenvalue weighted by Crippen LogP contribution is -2.55. The van der Waals surface area contributed by atoms with Crippen LogP contribution in [0.3, 0.4) is 0 Å². The van der Waals surface area contributed by atoms with E-state index in [4.69, 9.17) is 8.85 Å². The van der Waals surface area contributed by atoms with Crippen molar-refractivity contribution < 1.29 is 8.85 Å². The lowest BCUT2D eigenvalue weighted by Gasteiger charge is -2.61. The number of fused-ring (bicyclic) bond motifs is 5.